The minimum absolute atomic E-state index is 0.130. The van der Waals surface area contributed by atoms with Gasteiger partial charge >= 0.3 is 0 Å². The summed E-state index contributed by atoms with van der Waals surface area (Å²) in [5.41, 5.74) is 4.85. The molecule has 6 aromatic rings. The van der Waals surface area contributed by atoms with Crippen LogP contribution in [0, 0.1) is 6.92 Å². The first-order chi connectivity index (χ1) is 21.5. The third-order valence-corrected chi connectivity index (χ3v) is 11.6. The van der Waals surface area contributed by atoms with Gasteiger partial charge in [0.15, 0.2) is 0 Å². The van der Waals surface area contributed by atoms with Gasteiger partial charge in [0.1, 0.15) is 5.75 Å². The second kappa shape index (κ2) is 12.4. The van der Waals surface area contributed by atoms with Crippen LogP contribution in [0.3, 0.4) is 0 Å². The van der Waals surface area contributed by atoms with Crippen molar-refractivity contribution < 1.29 is 9.67 Å². The summed E-state index contributed by atoms with van der Waals surface area (Å²) < 4.78 is 17.5. The zero-order chi connectivity index (χ0) is 30.6. The zero-order valence-electron chi connectivity index (χ0n) is 25.0. The summed E-state index contributed by atoms with van der Waals surface area (Å²) in [5, 5.41) is 13.2. The first-order valence-corrected chi connectivity index (χ1v) is 16.7. The van der Waals surface area contributed by atoms with Crippen LogP contribution in [0.2, 0.25) is 0 Å². The number of benzene rings is 6. The van der Waals surface area contributed by atoms with Crippen molar-refractivity contribution in [1.29, 1.82) is 0 Å². The van der Waals surface area contributed by atoms with Crippen molar-refractivity contribution in [3.8, 4) is 5.75 Å². The van der Waals surface area contributed by atoms with E-state index in [2.05, 4.69) is 84.9 Å². The van der Waals surface area contributed by atoms with Crippen molar-refractivity contribution in [3.63, 3.8) is 0 Å². The lowest BCUT2D eigenvalue weighted by molar-refractivity contribution is 0.471. The van der Waals surface area contributed by atoms with E-state index in [0.29, 0.717) is 12.2 Å². The topological polar surface area (TPSA) is 40.5 Å². The van der Waals surface area contributed by atoms with Gasteiger partial charge in [-0.1, -0.05) is 133 Å². The molecule has 0 atom stereocenters. The van der Waals surface area contributed by atoms with Crippen molar-refractivity contribution in [2.24, 2.45) is 0 Å². The number of aryl methyl sites for hydroxylation is 1. The van der Waals surface area contributed by atoms with Gasteiger partial charge in [0.25, 0.3) is 0 Å². The predicted molar refractivity (Wildman–Crippen MR) is 184 cm³/mol. The third kappa shape index (κ3) is 4.94. The van der Waals surface area contributed by atoms with E-state index in [1.54, 1.807) is 0 Å². The van der Waals surface area contributed by atoms with Gasteiger partial charge in [-0.15, -0.1) is 0 Å². The number of phenols is 1. The minimum Gasteiger partial charge on any atom is -0.505 e. The monoisotopic (exact) mass is 593 g/mol. The number of hydrogen-bond acceptors (Lipinski definition) is 2. The summed E-state index contributed by atoms with van der Waals surface area (Å²) in [4.78, 5) is 0. The molecule has 4 heteroatoms. The summed E-state index contributed by atoms with van der Waals surface area (Å²) >= 11 is 0. The zero-order valence-corrected chi connectivity index (χ0v) is 25.9. The van der Waals surface area contributed by atoms with E-state index >= 15 is 4.57 Å². The average molecular weight is 594 g/mol. The summed E-state index contributed by atoms with van der Waals surface area (Å²) in [6.45, 7) is 4.35. The second-order valence-electron chi connectivity index (χ2n) is 11.0. The van der Waals surface area contributed by atoms with E-state index < -0.39 is 12.7 Å². The summed E-state index contributed by atoms with van der Waals surface area (Å²) in [7, 11) is -3.42. The summed E-state index contributed by atoms with van der Waals surface area (Å²) in [5.74, 6) is 0.130. The molecule has 0 aliphatic carbocycles. The van der Waals surface area contributed by atoms with Crippen LogP contribution in [0.15, 0.2) is 164 Å². The maximum absolute atomic E-state index is 15.6. The first-order valence-electron chi connectivity index (χ1n) is 15.0. The Labute approximate surface area is 260 Å². The van der Waals surface area contributed by atoms with Crippen LogP contribution in [-0.2, 0) is 9.98 Å². The Morgan fingerprint density at radius 3 is 1.30 bits per heavy atom. The van der Waals surface area contributed by atoms with Gasteiger partial charge in [0.2, 0.25) is 7.29 Å². The number of rotatable bonds is 9. The van der Waals surface area contributed by atoms with Gasteiger partial charge in [-0.3, -0.25) is 4.57 Å². The van der Waals surface area contributed by atoms with Gasteiger partial charge < -0.3 is 9.78 Å². The highest BCUT2D eigenvalue weighted by Crippen LogP contribution is 2.55. The normalized spacial score (nSPS) is 11.7. The fraction of sp³-hybridized carbons (Fsp3) is 0.100. The Kier molecular flexibility index (Phi) is 8.24. The van der Waals surface area contributed by atoms with Crippen molar-refractivity contribution in [2.75, 3.05) is 11.2 Å². The maximum atomic E-state index is 15.6. The van der Waals surface area contributed by atoms with Crippen LogP contribution in [0.4, 0.5) is 5.69 Å². The summed E-state index contributed by atoms with van der Waals surface area (Å²) in [6.07, 6.45) is 0. The van der Waals surface area contributed by atoms with Crippen LogP contribution < -0.4 is 15.3 Å². The van der Waals surface area contributed by atoms with E-state index in [0.717, 1.165) is 38.4 Å². The minimum atomic E-state index is -3.42. The predicted octanol–water partition coefficient (Wildman–Crippen LogP) is 8.84. The maximum Gasteiger partial charge on any atom is 0.229 e. The molecule has 0 aliphatic rings. The lowest BCUT2D eigenvalue weighted by Crippen LogP contribution is -2.34. The van der Waals surface area contributed by atoms with E-state index in [1.165, 1.54) is 0 Å². The molecule has 0 aliphatic heterocycles. The van der Waals surface area contributed by atoms with Gasteiger partial charge in [-0.05, 0) is 72.0 Å². The van der Waals surface area contributed by atoms with Crippen LogP contribution in [-0.4, -0.2) is 11.7 Å². The molecule has 0 aromatic heterocycles. The van der Waals surface area contributed by atoms with E-state index in [4.69, 9.17) is 0 Å². The quantitative estimate of drug-likeness (QED) is 0.135. The molecule has 0 fully saturated rings. The second-order valence-corrected chi connectivity index (χ2v) is 13.6. The van der Waals surface area contributed by atoms with Gasteiger partial charge in [-0.25, -0.2) is 0 Å². The molecule has 0 amide bonds. The molecule has 0 saturated heterocycles. The van der Waals surface area contributed by atoms with Gasteiger partial charge in [0.05, 0.1) is 11.1 Å². The molecule has 0 radical (unpaired) electrons. The Morgan fingerprint density at radius 2 is 0.932 bits per heavy atom. The standard InChI is InChI=1S/C40H36NO2P/c1-3-41(44(43,36-25-15-7-16-26-36)37-27-17-8-18-28-37)38-30-35(29-31(2)39(38)42)40(32-19-9-4-10-20-32,33-21-11-5-12-22-33)34-23-13-6-14-24-34/h4-30,42H,3H2,1-2H3. The molecule has 218 valence electrons. The average Bonchev–Trinajstić information content (AvgIpc) is 3.09. The summed E-state index contributed by atoms with van der Waals surface area (Å²) in [6, 6.07) is 54.9. The molecule has 1 N–H and O–H groups in total. The van der Waals surface area contributed by atoms with Crippen molar-refractivity contribution in [3.05, 3.63) is 192 Å². The van der Waals surface area contributed by atoms with Crippen LogP contribution in [0.25, 0.3) is 0 Å². The van der Waals surface area contributed by atoms with Crippen molar-refractivity contribution in [1.82, 2.24) is 0 Å². The molecule has 6 rings (SSSR count). The molecule has 0 unspecified atom stereocenters. The number of phenolic OH excluding ortho intramolecular Hbond substituents is 1. The highest BCUT2D eigenvalue weighted by atomic mass is 31.2. The first kappa shape index (κ1) is 29.2. The lowest BCUT2D eigenvalue weighted by Gasteiger charge is -2.39. The number of aromatic hydroxyl groups is 1. The molecular formula is C40H36NO2P. The number of hydrogen-bond donors (Lipinski definition) is 1. The van der Waals surface area contributed by atoms with Crippen molar-refractivity contribution >= 4 is 23.6 Å². The molecule has 0 heterocycles. The van der Waals surface area contributed by atoms with Crippen LogP contribution >= 0.6 is 7.29 Å². The molecule has 6 aromatic carbocycles. The van der Waals surface area contributed by atoms with E-state index in [9.17, 15) is 5.11 Å². The van der Waals surface area contributed by atoms with E-state index in [-0.39, 0.29) is 5.75 Å². The van der Waals surface area contributed by atoms with E-state index in [1.807, 2.05) is 97.4 Å². The highest BCUT2D eigenvalue weighted by molar-refractivity contribution is 7.80. The third-order valence-electron chi connectivity index (χ3n) is 8.46. The molecule has 0 spiro atoms. The van der Waals surface area contributed by atoms with Gasteiger partial charge in [-0.2, -0.15) is 0 Å². The highest BCUT2D eigenvalue weighted by Gasteiger charge is 2.41. The van der Waals surface area contributed by atoms with Crippen LogP contribution in [0.5, 0.6) is 5.75 Å². The van der Waals surface area contributed by atoms with Crippen molar-refractivity contribution in [2.45, 2.75) is 19.3 Å². The fourth-order valence-electron chi connectivity index (χ4n) is 6.45. The molecule has 0 bridgehead atoms. The smallest absolute Gasteiger partial charge is 0.229 e. The van der Waals surface area contributed by atoms with Gasteiger partial charge in [0, 0.05) is 17.2 Å². The number of anilines is 1. The molecular weight excluding hydrogens is 557 g/mol. The lowest BCUT2D eigenvalue weighted by atomic mass is 9.65. The Hall–Kier alpha value is -4.85. The Bertz CT molecular complexity index is 1740. The largest absolute Gasteiger partial charge is 0.505 e. The SMILES string of the molecule is CCN(c1cc(C(c2ccccc2)(c2ccccc2)c2ccccc2)cc(C)c1O)P(=O)(c1ccccc1)c1ccccc1. The molecule has 3 nitrogen and oxygen atoms in total. The molecule has 0 saturated carbocycles. The molecule has 44 heavy (non-hydrogen) atoms. The Morgan fingerprint density at radius 1 is 0.568 bits per heavy atom. The van der Waals surface area contributed by atoms with Crippen LogP contribution in [0.1, 0.15) is 34.7 Å². The Balaban J connectivity index is 1.69. The fourth-order valence-corrected chi connectivity index (χ4v) is 9.31. The number of nitrogens with zero attached hydrogens (tertiary/aromatic N) is 1.